The molecule has 2 rings (SSSR count). The van der Waals surface area contributed by atoms with Crippen molar-refractivity contribution in [1.29, 1.82) is 0 Å². The Hall–Kier alpha value is -1.95. The summed E-state index contributed by atoms with van der Waals surface area (Å²) in [5.74, 6) is 1.94. The van der Waals surface area contributed by atoms with E-state index < -0.39 is 0 Å². The summed E-state index contributed by atoms with van der Waals surface area (Å²) >= 11 is 0. The van der Waals surface area contributed by atoms with Gasteiger partial charge >= 0.3 is 0 Å². The third-order valence-electron chi connectivity index (χ3n) is 2.69. The molecule has 6 heteroatoms. The van der Waals surface area contributed by atoms with E-state index in [9.17, 15) is 5.11 Å². The molecule has 0 unspecified atom stereocenters. The van der Waals surface area contributed by atoms with Crippen LogP contribution in [0.1, 0.15) is 37.0 Å². The molecule has 0 aliphatic carbocycles. The fourth-order valence-electron chi connectivity index (χ4n) is 1.69. The van der Waals surface area contributed by atoms with Crippen molar-refractivity contribution >= 4 is 0 Å². The number of aromatic nitrogens is 4. The van der Waals surface area contributed by atoms with Gasteiger partial charge in [0.15, 0.2) is 5.75 Å². The Labute approximate surface area is 112 Å². The van der Waals surface area contributed by atoms with Crippen LogP contribution in [-0.4, -0.2) is 24.9 Å². The third-order valence-corrected chi connectivity index (χ3v) is 2.69. The Bertz CT molecular complexity index is 578. The predicted molar refractivity (Wildman–Crippen MR) is 70.1 cm³/mol. The van der Waals surface area contributed by atoms with Gasteiger partial charge in [0, 0.05) is 19.0 Å². The number of ether oxygens (including phenoxy) is 1. The summed E-state index contributed by atoms with van der Waals surface area (Å²) in [6, 6.07) is 1.82. The van der Waals surface area contributed by atoms with Gasteiger partial charge < -0.3 is 9.84 Å². The normalized spacial score (nSPS) is 11.1. The Balaban J connectivity index is 2.32. The molecule has 0 bridgehead atoms. The van der Waals surface area contributed by atoms with Crippen molar-refractivity contribution < 1.29 is 9.84 Å². The number of aliphatic hydroxyl groups excluding tert-OH is 1. The molecule has 0 radical (unpaired) electrons. The summed E-state index contributed by atoms with van der Waals surface area (Å²) in [5, 5.41) is 13.6. The van der Waals surface area contributed by atoms with E-state index in [0.717, 1.165) is 5.69 Å². The monoisotopic (exact) mass is 262 g/mol. The van der Waals surface area contributed by atoms with E-state index in [1.807, 2.05) is 26.8 Å². The second-order valence-electron chi connectivity index (χ2n) is 4.70. The maximum Gasteiger partial charge on any atom is 0.217 e. The smallest absolute Gasteiger partial charge is 0.217 e. The average Bonchev–Trinajstić information content (AvgIpc) is 2.68. The van der Waals surface area contributed by atoms with Crippen molar-refractivity contribution in [3.63, 3.8) is 0 Å². The minimum atomic E-state index is -0.186. The fraction of sp³-hybridized carbons (Fsp3) is 0.462. The Kier molecular flexibility index (Phi) is 3.80. The van der Waals surface area contributed by atoms with Crippen LogP contribution in [0.2, 0.25) is 0 Å². The van der Waals surface area contributed by atoms with Crippen molar-refractivity contribution in [3.05, 3.63) is 29.5 Å². The molecule has 2 aromatic rings. The molecule has 2 heterocycles. The van der Waals surface area contributed by atoms with Crippen LogP contribution in [0.4, 0.5) is 0 Å². The van der Waals surface area contributed by atoms with Gasteiger partial charge in [0.25, 0.3) is 0 Å². The molecule has 102 valence electrons. The standard InChI is InChI=1S/C13H18N4O2/c1-8(2)13-14-6-11(10(7-18)15-13)19-12-5-9(3)16-17(12)4/h5-6,8,18H,7H2,1-4H3. The van der Waals surface area contributed by atoms with Crippen molar-refractivity contribution in [2.75, 3.05) is 0 Å². The van der Waals surface area contributed by atoms with E-state index in [-0.39, 0.29) is 12.5 Å². The van der Waals surface area contributed by atoms with Crippen LogP contribution in [-0.2, 0) is 13.7 Å². The summed E-state index contributed by atoms with van der Waals surface area (Å²) in [5.41, 5.74) is 1.35. The lowest BCUT2D eigenvalue weighted by atomic mass is 10.2. The SMILES string of the molecule is Cc1cc(Oc2cnc(C(C)C)nc2CO)n(C)n1. The first-order valence-electron chi connectivity index (χ1n) is 6.16. The summed E-state index contributed by atoms with van der Waals surface area (Å²) in [6.07, 6.45) is 1.59. The molecule has 19 heavy (non-hydrogen) atoms. The molecule has 0 spiro atoms. The van der Waals surface area contributed by atoms with Gasteiger partial charge in [-0.3, -0.25) is 0 Å². The first-order valence-corrected chi connectivity index (χ1v) is 6.16. The molecule has 0 amide bonds. The number of hydrogen-bond donors (Lipinski definition) is 1. The molecule has 0 saturated carbocycles. The third kappa shape index (κ3) is 2.90. The Morgan fingerprint density at radius 2 is 2.16 bits per heavy atom. The Morgan fingerprint density at radius 1 is 1.42 bits per heavy atom. The first-order chi connectivity index (χ1) is 9.01. The van der Waals surface area contributed by atoms with E-state index >= 15 is 0 Å². The van der Waals surface area contributed by atoms with Gasteiger partial charge in [-0.1, -0.05) is 13.8 Å². The maximum absolute atomic E-state index is 9.38. The summed E-state index contributed by atoms with van der Waals surface area (Å²) < 4.78 is 7.33. The highest BCUT2D eigenvalue weighted by atomic mass is 16.5. The van der Waals surface area contributed by atoms with Crippen molar-refractivity contribution in [3.8, 4) is 11.6 Å². The molecule has 0 aromatic carbocycles. The Morgan fingerprint density at radius 3 is 2.68 bits per heavy atom. The average molecular weight is 262 g/mol. The molecule has 0 fully saturated rings. The van der Waals surface area contributed by atoms with Gasteiger partial charge in [-0.05, 0) is 6.92 Å². The molecular weight excluding hydrogens is 244 g/mol. The first kappa shape index (κ1) is 13.5. The number of nitrogens with zero attached hydrogens (tertiary/aromatic N) is 4. The molecule has 0 aliphatic rings. The highest BCUT2D eigenvalue weighted by molar-refractivity contribution is 5.30. The van der Waals surface area contributed by atoms with Crippen LogP contribution >= 0.6 is 0 Å². The van der Waals surface area contributed by atoms with Crippen LogP contribution in [0.25, 0.3) is 0 Å². The zero-order valence-electron chi connectivity index (χ0n) is 11.6. The van der Waals surface area contributed by atoms with Crippen LogP contribution in [0.3, 0.4) is 0 Å². The lowest BCUT2D eigenvalue weighted by Crippen LogP contribution is -2.04. The number of hydrogen-bond acceptors (Lipinski definition) is 5. The summed E-state index contributed by atoms with van der Waals surface area (Å²) in [6.45, 7) is 5.70. The fourth-order valence-corrected chi connectivity index (χ4v) is 1.69. The van der Waals surface area contributed by atoms with E-state index in [2.05, 4.69) is 15.1 Å². The molecule has 0 atom stereocenters. The topological polar surface area (TPSA) is 73.1 Å². The lowest BCUT2D eigenvalue weighted by molar-refractivity contribution is 0.268. The number of rotatable bonds is 4. The molecule has 6 nitrogen and oxygen atoms in total. The van der Waals surface area contributed by atoms with Gasteiger partial charge in [-0.2, -0.15) is 5.10 Å². The molecule has 2 aromatic heterocycles. The van der Waals surface area contributed by atoms with Crippen LogP contribution in [0, 0.1) is 6.92 Å². The van der Waals surface area contributed by atoms with E-state index in [4.69, 9.17) is 4.74 Å². The second kappa shape index (κ2) is 5.36. The van der Waals surface area contributed by atoms with Crippen molar-refractivity contribution in [1.82, 2.24) is 19.7 Å². The van der Waals surface area contributed by atoms with Gasteiger partial charge in [-0.15, -0.1) is 0 Å². The van der Waals surface area contributed by atoms with Gasteiger partial charge in [0.05, 0.1) is 18.5 Å². The molecular formula is C13H18N4O2. The largest absolute Gasteiger partial charge is 0.436 e. The lowest BCUT2D eigenvalue weighted by Gasteiger charge is -2.11. The van der Waals surface area contributed by atoms with Gasteiger partial charge in [-0.25, -0.2) is 14.6 Å². The van der Waals surface area contributed by atoms with Crippen molar-refractivity contribution in [2.24, 2.45) is 7.05 Å². The molecule has 1 N–H and O–H groups in total. The van der Waals surface area contributed by atoms with E-state index in [0.29, 0.717) is 23.1 Å². The maximum atomic E-state index is 9.38. The predicted octanol–water partition coefficient (Wildman–Crippen LogP) is 1.93. The van der Waals surface area contributed by atoms with E-state index in [1.165, 1.54) is 0 Å². The van der Waals surface area contributed by atoms with Gasteiger partial charge in [0.1, 0.15) is 11.5 Å². The zero-order valence-corrected chi connectivity index (χ0v) is 11.6. The molecule has 0 aliphatic heterocycles. The highest BCUT2D eigenvalue weighted by Gasteiger charge is 2.12. The van der Waals surface area contributed by atoms with Crippen LogP contribution < -0.4 is 4.74 Å². The highest BCUT2D eigenvalue weighted by Crippen LogP contribution is 2.25. The summed E-state index contributed by atoms with van der Waals surface area (Å²) in [7, 11) is 1.80. The zero-order chi connectivity index (χ0) is 14.0. The van der Waals surface area contributed by atoms with Crippen molar-refractivity contribution in [2.45, 2.75) is 33.3 Å². The number of aryl methyl sites for hydroxylation is 2. The quantitative estimate of drug-likeness (QED) is 0.911. The minimum absolute atomic E-state index is 0.186. The van der Waals surface area contributed by atoms with E-state index in [1.54, 1.807) is 17.9 Å². The van der Waals surface area contributed by atoms with Crippen LogP contribution in [0.5, 0.6) is 11.6 Å². The van der Waals surface area contributed by atoms with Crippen LogP contribution in [0.15, 0.2) is 12.3 Å². The second-order valence-corrected chi connectivity index (χ2v) is 4.70. The molecule has 0 saturated heterocycles. The minimum Gasteiger partial charge on any atom is -0.436 e. The van der Waals surface area contributed by atoms with Gasteiger partial charge in [0.2, 0.25) is 5.88 Å². The summed E-state index contributed by atoms with van der Waals surface area (Å²) in [4.78, 5) is 8.55. The number of aliphatic hydroxyl groups is 1.